The molecule has 0 saturated carbocycles. The Bertz CT molecular complexity index is 789. The highest BCUT2D eigenvalue weighted by Gasteiger charge is 2.32. The molecule has 0 radical (unpaired) electrons. The fourth-order valence-corrected chi connectivity index (χ4v) is 3.97. The molecule has 8 nitrogen and oxygen atoms in total. The van der Waals surface area contributed by atoms with Crippen LogP contribution >= 0.6 is 0 Å². The van der Waals surface area contributed by atoms with Crippen molar-refractivity contribution < 1.29 is 36.6 Å². The van der Waals surface area contributed by atoms with Crippen molar-refractivity contribution in [3.63, 3.8) is 0 Å². The number of rotatable bonds is 4. The monoisotopic (exact) mass is 373 g/mol. The Morgan fingerprint density at radius 3 is 2.60 bits per heavy atom. The number of sulfonamides is 1. The van der Waals surface area contributed by atoms with Gasteiger partial charge >= 0.3 is 11.9 Å². The van der Waals surface area contributed by atoms with Gasteiger partial charge in [0, 0.05) is 19.5 Å². The average molecular weight is 373 g/mol. The van der Waals surface area contributed by atoms with Crippen molar-refractivity contribution in [3.05, 3.63) is 29.6 Å². The maximum Gasteiger partial charge on any atom is 0.347 e. The van der Waals surface area contributed by atoms with Gasteiger partial charge in [-0.25, -0.2) is 22.4 Å². The Labute approximate surface area is 143 Å². The predicted octanol–water partition coefficient (Wildman–Crippen LogP) is 0.319. The molecule has 2 saturated heterocycles. The Morgan fingerprint density at radius 1 is 1.24 bits per heavy atom. The molecule has 25 heavy (non-hydrogen) atoms. The first-order valence-corrected chi connectivity index (χ1v) is 9.08. The molecule has 0 unspecified atom stereocenters. The van der Waals surface area contributed by atoms with Gasteiger partial charge in [0.25, 0.3) is 0 Å². The summed E-state index contributed by atoms with van der Waals surface area (Å²) in [6.45, 7) is 0.990. The van der Waals surface area contributed by atoms with E-state index in [1.165, 1.54) is 4.31 Å². The van der Waals surface area contributed by atoms with Crippen LogP contribution in [0.2, 0.25) is 0 Å². The lowest BCUT2D eigenvalue weighted by Gasteiger charge is -2.26. The number of ether oxygens (including phenoxy) is 3. The Hall–Kier alpha value is -2.04. The third-order valence-corrected chi connectivity index (χ3v) is 5.80. The summed E-state index contributed by atoms with van der Waals surface area (Å²) in [4.78, 5) is 23.2. The number of cyclic esters (lactones) is 1. The van der Waals surface area contributed by atoms with Crippen molar-refractivity contribution in [1.82, 2.24) is 4.31 Å². The zero-order chi connectivity index (χ0) is 18.0. The number of hydrogen-bond donors (Lipinski definition) is 0. The molecule has 136 valence electrons. The van der Waals surface area contributed by atoms with Crippen LogP contribution < -0.4 is 0 Å². The van der Waals surface area contributed by atoms with Crippen LogP contribution in [0.5, 0.6) is 0 Å². The smallest absolute Gasteiger partial charge is 0.347 e. The van der Waals surface area contributed by atoms with Crippen molar-refractivity contribution in [2.45, 2.75) is 17.4 Å². The number of nitrogens with zero attached hydrogens (tertiary/aromatic N) is 1. The number of hydrogen-bond acceptors (Lipinski definition) is 7. The van der Waals surface area contributed by atoms with Gasteiger partial charge in [-0.3, -0.25) is 0 Å². The first kappa shape index (κ1) is 17.8. The molecule has 1 aromatic rings. The Balaban J connectivity index is 1.84. The summed E-state index contributed by atoms with van der Waals surface area (Å²) in [6, 6.07) is 2.89. The fourth-order valence-electron chi connectivity index (χ4n) is 2.53. The summed E-state index contributed by atoms with van der Waals surface area (Å²) in [5.74, 6) is -2.75. The van der Waals surface area contributed by atoms with E-state index in [0.717, 1.165) is 18.2 Å². The molecule has 1 aromatic carbocycles. The lowest BCUT2D eigenvalue weighted by molar-refractivity contribution is -0.145. The zero-order valence-corrected chi connectivity index (χ0v) is 14.0. The number of carbonyl (C=O) groups excluding carboxylic acids is 2. The number of halogens is 1. The first-order valence-electron chi connectivity index (χ1n) is 7.64. The molecule has 2 aliphatic rings. The summed E-state index contributed by atoms with van der Waals surface area (Å²) in [5.41, 5.74) is -0.547. The van der Waals surface area contributed by atoms with Gasteiger partial charge in [0.2, 0.25) is 16.1 Å². The highest BCUT2D eigenvalue weighted by molar-refractivity contribution is 7.89. The molecular formula is C15H16FNO7S. The van der Waals surface area contributed by atoms with E-state index in [9.17, 15) is 22.4 Å². The SMILES string of the molecule is O=C(O[C@H]1CCOC1=O)c1cc(S(=O)(=O)N2CCOCC2)ccc1F. The molecule has 0 amide bonds. The minimum Gasteiger partial charge on any atom is -0.463 e. The normalized spacial score (nSPS) is 21.8. The van der Waals surface area contributed by atoms with E-state index in [4.69, 9.17) is 9.47 Å². The second-order valence-corrected chi connectivity index (χ2v) is 7.45. The van der Waals surface area contributed by atoms with Gasteiger partial charge in [-0.2, -0.15) is 4.31 Å². The summed E-state index contributed by atoms with van der Waals surface area (Å²) < 4.78 is 55.1. The molecule has 3 rings (SSSR count). The van der Waals surface area contributed by atoms with E-state index >= 15 is 0 Å². The van der Waals surface area contributed by atoms with Crippen molar-refractivity contribution >= 4 is 22.0 Å². The van der Waals surface area contributed by atoms with Crippen LogP contribution in [0.15, 0.2) is 23.1 Å². The van der Waals surface area contributed by atoms with E-state index in [1.54, 1.807) is 0 Å². The molecule has 0 bridgehead atoms. The van der Waals surface area contributed by atoms with Crippen molar-refractivity contribution in [3.8, 4) is 0 Å². The van der Waals surface area contributed by atoms with Gasteiger partial charge < -0.3 is 14.2 Å². The quantitative estimate of drug-likeness (QED) is 0.701. The molecular weight excluding hydrogens is 357 g/mol. The molecule has 1 atom stereocenters. The second kappa shape index (κ2) is 7.06. The summed E-state index contributed by atoms with van der Waals surface area (Å²) in [6.07, 6.45) is -0.927. The average Bonchev–Trinajstić information content (AvgIpc) is 3.00. The standard InChI is InChI=1S/C15H16FNO7S/c16-12-2-1-10(25(20,21)17-4-7-22-8-5-17)9-11(12)14(18)24-13-3-6-23-15(13)19/h1-2,9,13H,3-8H2/t13-/m0/s1. The molecule has 0 aliphatic carbocycles. The Morgan fingerprint density at radius 2 is 1.96 bits per heavy atom. The van der Waals surface area contributed by atoms with Crippen LogP contribution in [0.25, 0.3) is 0 Å². The molecule has 2 aliphatic heterocycles. The van der Waals surface area contributed by atoms with Gasteiger partial charge in [-0.15, -0.1) is 0 Å². The van der Waals surface area contributed by atoms with Gasteiger partial charge in [0.1, 0.15) is 5.82 Å². The molecule has 0 aromatic heterocycles. The fraction of sp³-hybridized carbons (Fsp3) is 0.467. The minimum absolute atomic E-state index is 0.116. The molecule has 0 N–H and O–H groups in total. The van der Waals surface area contributed by atoms with Gasteiger partial charge in [0.15, 0.2) is 0 Å². The van der Waals surface area contributed by atoms with E-state index < -0.39 is 39.4 Å². The number of esters is 2. The zero-order valence-electron chi connectivity index (χ0n) is 13.1. The van der Waals surface area contributed by atoms with Gasteiger partial charge in [-0.05, 0) is 18.2 Å². The summed E-state index contributed by atoms with van der Waals surface area (Å²) >= 11 is 0. The Kier molecular flexibility index (Phi) is 5.02. The lowest BCUT2D eigenvalue weighted by Crippen LogP contribution is -2.40. The van der Waals surface area contributed by atoms with E-state index in [1.807, 2.05) is 0 Å². The second-order valence-electron chi connectivity index (χ2n) is 5.51. The summed E-state index contributed by atoms with van der Waals surface area (Å²) in [7, 11) is -3.89. The maximum atomic E-state index is 14.0. The van der Waals surface area contributed by atoms with Crippen molar-refractivity contribution in [2.75, 3.05) is 32.9 Å². The van der Waals surface area contributed by atoms with Gasteiger partial charge in [-0.1, -0.05) is 0 Å². The van der Waals surface area contributed by atoms with E-state index in [2.05, 4.69) is 4.74 Å². The molecule has 2 fully saturated rings. The number of morpholine rings is 1. The highest BCUT2D eigenvalue weighted by Crippen LogP contribution is 2.22. The lowest BCUT2D eigenvalue weighted by atomic mass is 10.2. The minimum atomic E-state index is -3.89. The van der Waals surface area contributed by atoms with Crippen LogP contribution in [-0.2, 0) is 29.0 Å². The number of benzene rings is 1. The predicted molar refractivity (Wildman–Crippen MR) is 80.8 cm³/mol. The third kappa shape index (κ3) is 3.65. The first-order chi connectivity index (χ1) is 11.9. The van der Waals surface area contributed by atoms with Crippen molar-refractivity contribution in [1.29, 1.82) is 0 Å². The van der Waals surface area contributed by atoms with Crippen LogP contribution in [0.4, 0.5) is 4.39 Å². The largest absolute Gasteiger partial charge is 0.463 e. The highest BCUT2D eigenvalue weighted by atomic mass is 32.2. The van der Waals surface area contributed by atoms with Crippen molar-refractivity contribution in [2.24, 2.45) is 0 Å². The maximum absolute atomic E-state index is 14.0. The van der Waals surface area contributed by atoms with E-state index in [0.29, 0.717) is 0 Å². The van der Waals surface area contributed by atoms with Crippen LogP contribution in [0.3, 0.4) is 0 Å². The topological polar surface area (TPSA) is 99.2 Å². The van der Waals surface area contributed by atoms with Crippen LogP contribution in [0.1, 0.15) is 16.8 Å². The van der Waals surface area contributed by atoms with Crippen LogP contribution in [0, 0.1) is 5.82 Å². The van der Waals surface area contributed by atoms with E-state index in [-0.39, 0.29) is 44.2 Å². The molecule has 10 heteroatoms. The number of carbonyl (C=O) groups is 2. The summed E-state index contributed by atoms with van der Waals surface area (Å²) in [5, 5.41) is 0. The van der Waals surface area contributed by atoms with Crippen LogP contribution in [-0.4, -0.2) is 63.7 Å². The molecule has 2 heterocycles. The van der Waals surface area contributed by atoms with Gasteiger partial charge in [0.05, 0.1) is 30.3 Å². The molecule has 0 spiro atoms. The third-order valence-electron chi connectivity index (χ3n) is 3.90.